The monoisotopic (exact) mass is 377 g/mol. The van der Waals surface area contributed by atoms with E-state index in [1.54, 1.807) is 0 Å². The first-order chi connectivity index (χ1) is 8.70. The molecule has 0 aromatic heterocycles. The Labute approximate surface area is 134 Å². The Morgan fingerprint density at radius 1 is 1.11 bits per heavy atom. The maximum absolute atomic E-state index is 6.23. The molecule has 1 atom stereocenters. The SMILES string of the molecule is CC1CCN(C(N)=NC2CCC23CCCC3)CC1.I. The van der Waals surface area contributed by atoms with Crippen molar-refractivity contribution in [3.8, 4) is 0 Å². The number of likely N-dealkylation sites (tertiary alicyclic amines) is 1. The number of nitrogens with two attached hydrogens (primary N) is 1. The molecule has 1 spiro atoms. The molecule has 3 nitrogen and oxygen atoms in total. The first-order valence-corrected chi connectivity index (χ1v) is 7.78. The van der Waals surface area contributed by atoms with Gasteiger partial charge in [0.15, 0.2) is 5.96 Å². The average Bonchev–Trinajstić information content (AvgIpc) is 2.87. The molecule has 19 heavy (non-hydrogen) atoms. The summed E-state index contributed by atoms with van der Waals surface area (Å²) < 4.78 is 0. The molecule has 0 aromatic carbocycles. The van der Waals surface area contributed by atoms with Crippen LogP contribution < -0.4 is 5.73 Å². The number of piperidine rings is 1. The third kappa shape index (κ3) is 3.03. The van der Waals surface area contributed by atoms with Gasteiger partial charge in [-0.15, -0.1) is 24.0 Å². The lowest BCUT2D eigenvalue weighted by Crippen LogP contribution is -2.47. The number of rotatable bonds is 1. The zero-order chi connectivity index (χ0) is 12.6. The van der Waals surface area contributed by atoms with E-state index in [-0.39, 0.29) is 24.0 Å². The quantitative estimate of drug-likeness (QED) is 0.433. The van der Waals surface area contributed by atoms with Crippen LogP contribution >= 0.6 is 24.0 Å². The minimum atomic E-state index is 0. The van der Waals surface area contributed by atoms with E-state index in [0.29, 0.717) is 11.5 Å². The second-order valence-corrected chi connectivity index (χ2v) is 6.78. The minimum Gasteiger partial charge on any atom is -0.370 e. The smallest absolute Gasteiger partial charge is 0.191 e. The molecule has 1 heterocycles. The third-order valence-corrected chi connectivity index (χ3v) is 5.62. The first kappa shape index (κ1) is 15.4. The molecule has 1 unspecified atom stereocenters. The summed E-state index contributed by atoms with van der Waals surface area (Å²) in [7, 11) is 0. The third-order valence-electron chi connectivity index (χ3n) is 5.62. The zero-order valence-corrected chi connectivity index (χ0v) is 14.4. The van der Waals surface area contributed by atoms with E-state index in [1.165, 1.54) is 51.4 Å². The lowest BCUT2D eigenvalue weighted by atomic mass is 9.63. The van der Waals surface area contributed by atoms with Crippen LogP contribution in [0.5, 0.6) is 0 Å². The molecule has 1 aliphatic heterocycles. The van der Waals surface area contributed by atoms with E-state index in [1.807, 2.05) is 0 Å². The van der Waals surface area contributed by atoms with Gasteiger partial charge in [-0.05, 0) is 49.9 Å². The highest BCUT2D eigenvalue weighted by atomic mass is 127. The van der Waals surface area contributed by atoms with Crippen LogP contribution in [0.4, 0.5) is 0 Å². The van der Waals surface area contributed by atoms with Crippen LogP contribution in [0.25, 0.3) is 0 Å². The van der Waals surface area contributed by atoms with Crippen molar-refractivity contribution in [3.63, 3.8) is 0 Å². The molecule has 0 bridgehead atoms. The van der Waals surface area contributed by atoms with E-state index >= 15 is 0 Å². The van der Waals surface area contributed by atoms with Crippen molar-refractivity contribution in [3.05, 3.63) is 0 Å². The van der Waals surface area contributed by atoms with Crippen LogP contribution in [0, 0.1) is 11.3 Å². The summed E-state index contributed by atoms with van der Waals surface area (Å²) in [5.74, 6) is 1.69. The fourth-order valence-corrected chi connectivity index (χ4v) is 4.02. The van der Waals surface area contributed by atoms with E-state index < -0.39 is 0 Å². The predicted molar refractivity (Wildman–Crippen MR) is 90.9 cm³/mol. The summed E-state index contributed by atoms with van der Waals surface area (Å²) in [4.78, 5) is 7.19. The summed E-state index contributed by atoms with van der Waals surface area (Å²) in [6, 6.07) is 0.541. The second kappa shape index (κ2) is 6.19. The highest BCUT2D eigenvalue weighted by Gasteiger charge is 2.48. The molecule has 0 radical (unpaired) electrons. The lowest BCUT2D eigenvalue weighted by molar-refractivity contribution is 0.102. The van der Waals surface area contributed by atoms with Gasteiger partial charge in [0.25, 0.3) is 0 Å². The fraction of sp³-hybridized carbons (Fsp3) is 0.933. The molecule has 0 aromatic rings. The number of halogens is 1. The van der Waals surface area contributed by atoms with Gasteiger partial charge in [0, 0.05) is 13.1 Å². The molecular formula is C15H28IN3. The van der Waals surface area contributed by atoms with Gasteiger partial charge in [-0.25, -0.2) is 4.99 Å². The number of guanidine groups is 1. The van der Waals surface area contributed by atoms with Crippen molar-refractivity contribution >= 4 is 29.9 Å². The van der Waals surface area contributed by atoms with E-state index in [2.05, 4.69) is 11.8 Å². The van der Waals surface area contributed by atoms with Gasteiger partial charge in [-0.1, -0.05) is 19.8 Å². The molecule has 3 rings (SSSR count). The van der Waals surface area contributed by atoms with Gasteiger partial charge in [0.05, 0.1) is 6.04 Å². The Hall–Kier alpha value is 0. The van der Waals surface area contributed by atoms with Gasteiger partial charge < -0.3 is 10.6 Å². The van der Waals surface area contributed by atoms with Crippen LogP contribution in [0.1, 0.15) is 58.3 Å². The van der Waals surface area contributed by atoms with Crippen LogP contribution in [0.15, 0.2) is 4.99 Å². The van der Waals surface area contributed by atoms with Gasteiger partial charge in [-0.3, -0.25) is 0 Å². The van der Waals surface area contributed by atoms with Gasteiger partial charge >= 0.3 is 0 Å². The van der Waals surface area contributed by atoms with Crippen molar-refractivity contribution in [2.24, 2.45) is 22.1 Å². The summed E-state index contributed by atoms with van der Waals surface area (Å²) in [6.45, 7) is 4.55. The van der Waals surface area contributed by atoms with Crippen LogP contribution in [0.2, 0.25) is 0 Å². The van der Waals surface area contributed by atoms with Crippen LogP contribution in [0.3, 0.4) is 0 Å². The topological polar surface area (TPSA) is 41.6 Å². The van der Waals surface area contributed by atoms with Gasteiger partial charge in [0.1, 0.15) is 0 Å². The molecule has 1 saturated heterocycles. The Kier molecular flexibility index (Phi) is 5.01. The van der Waals surface area contributed by atoms with Crippen molar-refractivity contribution in [1.82, 2.24) is 4.90 Å². The fourth-order valence-electron chi connectivity index (χ4n) is 4.02. The number of hydrogen-bond acceptors (Lipinski definition) is 1. The van der Waals surface area contributed by atoms with E-state index in [9.17, 15) is 0 Å². The first-order valence-electron chi connectivity index (χ1n) is 7.78. The number of nitrogens with zero attached hydrogens (tertiary/aromatic N) is 2. The minimum absolute atomic E-state index is 0. The lowest BCUT2D eigenvalue weighted by Gasteiger charge is -2.45. The number of aliphatic imine (C=N–C) groups is 1. The van der Waals surface area contributed by atoms with Crippen LogP contribution in [-0.2, 0) is 0 Å². The molecule has 3 aliphatic rings. The van der Waals surface area contributed by atoms with Crippen molar-refractivity contribution < 1.29 is 0 Å². The molecule has 3 fully saturated rings. The van der Waals surface area contributed by atoms with Crippen molar-refractivity contribution in [2.45, 2.75) is 64.3 Å². The summed E-state index contributed by atoms with van der Waals surface area (Å²) in [6.07, 6.45) is 10.8. The predicted octanol–water partition coefficient (Wildman–Crippen LogP) is 3.37. The van der Waals surface area contributed by atoms with Gasteiger partial charge in [0.2, 0.25) is 0 Å². The highest BCUT2D eigenvalue weighted by Crippen LogP contribution is 2.54. The summed E-state index contributed by atoms with van der Waals surface area (Å²) in [5.41, 5.74) is 6.79. The Bertz CT molecular complexity index is 328. The average molecular weight is 377 g/mol. The summed E-state index contributed by atoms with van der Waals surface area (Å²) >= 11 is 0. The largest absolute Gasteiger partial charge is 0.370 e. The Morgan fingerprint density at radius 3 is 2.26 bits per heavy atom. The van der Waals surface area contributed by atoms with E-state index in [0.717, 1.165) is 25.0 Å². The number of hydrogen-bond donors (Lipinski definition) is 1. The normalized spacial score (nSPS) is 31.1. The molecular weight excluding hydrogens is 349 g/mol. The molecule has 110 valence electrons. The van der Waals surface area contributed by atoms with E-state index in [4.69, 9.17) is 10.7 Å². The van der Waals surface area contributed by atoms with Crippen molar-refractivity contribution in [1.29, 1.82) is 0 Å². The highest BCUT2D eigenvalue weighted by molar-refractivity contribution is 14.0. The van der Waals surface area contributed by atoms with Gasteiger partial charge in [-0.2, -0.15) is 0 Å². The Balaban J connectivity index is 0.00000133. The van der Waals surface area contributed by atoms with Crippen molar-refractivity contribution in [2.75, 3.05) is 13.1 Å². The van der Waals surface area contributed by atoms with Crippen LogP contribution in [-0.4, -0.2) is 30.0 Å². The zero-order valence-electron chi connectivity index (χ0n) is 12.1. The standard InChI is InChI=1S/C15H27N3.HI/c1-12-5-10-18(11-6-12)14(16)17-13-4-9-15(13)7-2-3-8-15;/h12-13H,2-11H2,1H3,(H2,16,17);1H. The Morgan fingerprint density at radius 2 is 1.74 bits per heavy atom. The maximum atomic E-state index is 6.23. The molecule has 2 saturated carbocycles. The molecule has 2 N–H and O–H groups in total. The molecule has 0 amide bonds. The molecule has 4 heteroatoms. The second-order valence-electron chi connectivity index (χ2n) is 6.78. The maximum Gasteiger partial charge on any atom is 0.191 e. The summed E-state index contributed by atoms with van der Waals surface area (Å²) in [5, 5.41) is 0. The molecule has 2 aliphatic carbocycles.